The van der Waals surface area contributed by atoms with Crippen molar-refractivity contribution >= 4 is 0 Å². The molecule has 0 bridgehead atoms. The summed E-state index contributed by atoms with van der Waals surface area (Å²) in [4.78, 5) is 2.53. The Balaban J connectivity index is 1.50. The van der Waals surface area contributed by atoms with Crippen LogP contribution in [0.3, 0.4) is 0 Å². The normalized spacial score (nSPS) is 24.7. The van der Waals surface area contributed by atoms with Crippen LogP contribution in [0.15, 0.2) is 0 Å². The first-order chi connectivity index (χ1) is 8.95. The Bertz CT molecular complexity index is 197. The van der Waals surface area contributed by atoms with Gasteiger partial charge in [0.1, 0.15) is 0 Å². The van der Waals surface area contributed by atoms with Gasteiger partial charge in [0.2, 0.25) is 0 Å². The van der Waals surface area contributed by atoms with E-state index >= 15 is 0 Å². The molecule has 0 atom stereocenters. The fraction of sp³-hybridized carbons (Fsp3) is 1.00. The van der Waals surface area contributed by atoms with Gasteiger partial charge in [-0.05, 0) is 32.4 Å². The molecule has 18 heavy (non-hydrogen) atoms. The van der Waals surface area contributed by atoms with Gasteiger partial charge in [-0.25, -0.2) is 0 Å². The predicted octanol–water partition coefficient (Wildman–Crippen LogP) is 2.41. The first-order valence-electron chi connectivity index (χ1n) is 7.98. The number of hydrogen-bond acceptors (Lipinski definition) is 3. The lowest BCUT2D eigenvalue weighted by atomic mass is 9.97. The number of nitrogens with zero attached hydrogens (tertiary/aromatic N) is 1. The van der Waals surface area contributed by atoms with Crippen molar-refractivity contribution in [2.45, 2.75) is 57.4 Å². The zero-order valence-corrected chi connectivity index (χ0v) is 11.8. The zero-order chi connectivity index (χ0) is 12.5. The summed E-state index contributed by atoms with van der Waals surface area (Å²) in [5.74, 6) is 0. The van der Waals surface area contributed by atoms with E-state index in [4.69, 9.17) is 4.74 Å². The third-order valence-electron chi connectivity index (χ3n) is 4.29. The summed E-state index contributed by atoms with van der Waals surface area (Å²) < 4.78 is 5.37. The van der Waals surface area contributed by atoms with Gasteiger partial charge in [-0.15, -0.1) is 0 Å². The van der Waals surface area contributed by atoms with E-state index in [-0.39, 0.29) is 0 Å². The standard InChI is InChI=1S/C15H30N2O/c1-2-4-7-15(8-5-3-1)16-9-6-10-17-11-13-18-14-12-17/h15-16H,1-14H2. The summed E-state index contributed by atoms with van der Waals surface area (Å²) in [6.45, 7) is 6.55. The highest BCUT2D eigenvalue weighted by Gasteiger charge is 2.12. The summed E-state index contributed by atoms with van der Waals surface area (Å²) >= 11 is 0. The number of hydrogen-bond donors (Lipinski definition) is 1. The molecule has 2 fully saturated rings. The Labute approximate surface area is 112 Å². The van der Waals surface area contributed by atoms with Crippen LogP contribution in [0.1, 0.15) is 51.4 Å². The molecule has 3 heteroatoms. The van der Waals surface area contributed by atoms with Crippen LogP contribution in [0.2, 0.25) is 0 Å². The molecule has 1 N–H and O–H groups in total. The number of nitrogens with one attached hydrogen (secondary N) is 1. The summed E-state index contributed by atoms with van der Waals surface area (Å²) in [5.41, 5.74) is 0. The van der Waals surface area contributed by atoms with E-state index < -0.39 is 0 Å². The van der Waals surface area contributed by atoms with Crippen molar-refractivity contribution in [3.63, 3.8) is 0 Å². The molecule has 0 aromatic rings. The van der Waals surface area contributed by atoms with Crippen molar-refractivity contribution in [2.75, 3.05) is 39.4 Å². The monoisotopic (exact) mass is 254 g/mol. The van der Waals surface area contributed by atoms with Crippen molar-refractivity contribution < 1.29 is 4.74 Å². The zero-order valence-electron chi connectivity index (χ0n) is 11.8. The van der Waals surface area contributed by atoms with Gasteiger partial charge in [0, 0.05) is 19.1 Å². The maximum Gasteiger partial charge on any atom is 0.0594 e. The van der Waals surface area contributed by atoms with Crippen molar-refractivity contribution in [2.24, 2.45) is 0 Å². The van der Waals surface area contributed by atoms with Crippen LogP contribution >= 0.6 is 0 Å². The minimum Gasteiger partial charge on any atom is -0.379 e. The van der Waals surface area contributed by atoms with Crippen LogP contribution in [-0.4, -0.2) is 50.3 Å². The Morgan fingerprint density at radius 3 is 2.33 bits per heavy atom. The minimum atomic E-state index is 0.801. The van der Waals surface area contributed by atoms with Crippen LogP contribution in [0.25, 0.3) is 0 Å². The molecular formula is C15H30N2O. The quantitative estimate of drug-likeness (QED) is 0.763. The molecule has 0 radical (unpaired) electrons. The van der Waals surface area contributed by atoms with E-state index in [0.29, 0.717) is 0 Å². The molecule has 0 aromatic carbocycles. The Kier molecular flexibility index (Phi) is 7.06. The van der Waals surface area contributed by atoms with Crippen molar-refractivity contribution in [1.29, 1.82) is 0 Å². The van der Waals surface area contributed by atoms with E-state index in [1.807, 2.05) is 0 Å². The third kappa shape index (κ3) is 5.68. The summed E-state index contributed by atoms with van der Waals surface area (Å²) in [7, 11) is 0. The highest BCUT2D eigenvalue weighted by Crippen LogP contribution is 2.16. The summed E-state index contributed by atoms with van der Waals surface area (Å²) in [5, 5.41) is 3.77. The molecule has 0 spiro atoms. The lowest BCUT2D eigenvalue weighted by Gasteiger charge is -2.27. The van der Waals surface area contributed by atoms with Crippen molar-refractivity contribution in [3.05, 3.63) is 0 Å². The molecule has 1 saturated carbocycles. The highest BCUT2D eigenvalue weighted by molar-refractivity contribution is 4.70. The van der Waals surface area contributed by atoms with Gasteiger partial charge in [0.25, 0.3) is 0 Å². The van der Waals surface area contributed by atoms with E-state index in [0.717, 1.165) is 32.3 Å². The minimum absolute atomic E-state index is 0.801. The first kappa shape index (κ1) is 14.3. The van der Waals surface area contributed by atoms with E-state index in [9.17, 15) is 0 Å². The van der Waals surface area contributed by atoms with Crippen molar-refractivity contribution in [1.82, 2.24) is 10.2 Å². The van der Waals surface area contributed by atoms with Crippen LogP contribution in [0.5, 0.6) is 0 Å². The summed E-state index contributed by atoms with van der Waals surface area (Å²) in [6, 6.07) is 0.801. The fourth-order valence-corrected chi connectivity index (χ4v) is 3.09. The lowest BCUT2D eigenvalue weighted by Crippen LogP contribution is -2.38. The largest absolute Gasteiger partial charge is 0.379 e. The van der Waals surface area contributed by atoms with Crippen LogP contribution in [-0.2, 0) is 4.74 Å². The molecule has 0 unspecified atom stereocenters. The second kappa shape index (κ2) is 8.89. The smallest absolute Gasteiger partial charge is 0.0594 e. The molecule has 1 aliphatic carbocycles. The Morgan fingerprint density at radius 2 is 1.61 bits per heavy atom. The third-order valence-corrected chi connectivity index (χ3v) is 4.29. The van der Waals surface area contributed by atoms with Gasteiger partial charge < -0.3 is 10.1 Å². The van der Waals surface area contributed by atoms with Gasteiger partial charge in [-0.3, -0.25) is 4.90 Å². The molecule has 1 aliphatic heterocycles. The van der Waals surface area contributed by atoms with Gasteiger partial charge >= 0.3 is 0 Å². The molecule has 1 saturated heterocycles. The molecule has 2 aliphatic rings. The second-order valence-electron chi connectivity index (χ2n) is 5.80. The summed E-state index contributed by atoms with van der Waals surface area (Å²) in [6.07, 6.45) is 11.3. The molecule has 106 valence electrons. The fourth-order valence-electron chi connectivity index (χ4n) is 3.09. The number of ether oxygens (including phenoxy) is 1. The maximum absolute atomic E-state index is 5.37. The van der Waals surface area contributed by atoms with Gasteiger partial charge in [0.05, 0.1) is 13.2 Å². The molecule has 2 rings (SSSR count). The molecule has 0 aromatic heterocycles. The van der Waals surface area contributed by atoms with E-state index in [1.165, 1.54) is 64.5 Å². The average molecular weight is 254 g/mol. The van der Waals surface area contributed by atoms with Gasteiger partial charge in [-0.1, -0.05) is 32.1 Å². The maximum atomic E-state index is 5.37. The SMILES string of the molecule is C1CCCC(NCCCN2CCOCC2)CCC1. The Morgan fingerprint density at radius 1 is 0.944 bits per heavy atom. The molecule has 3 nitrogen and oxygen atoms in total. The van der Waals surface area contributed by atoms with Crippen LogP contribution < -0.4 is 5.32 Å². The van der Waals surface area contributed by atoms with E-state index in [1.54, 1.807) is 0 Å². The Hall–Kier alpha value is -0.120. The molecule has 0 amide bonds. The van der Waals surface area contributed by atoms with Crippen molar-refractivity contribution in [3.8, 4) is 0 Å². The highest BCUT2D eigenvalue weighted by atomic mass is 16.5. The lowest BCUT2D eigenvalue weighted by molar-refractivity contribution is 0.0373. The van der Waals surface area contributed by atoms with Gasteiger partial charge in [0.15, 0.2) is 0 Å². The first-order valence-corrected chi connectivity index (χ1v) is 7.98. The van der Waals surface area contributed by atoms with Gasteiger partial charge in [-0.2, -0.15) is 0 Å². The molecule has 1 heterocycles. The average Bonchev–Trinajstić information content (AvgIpc) is 2.38. The number of rotatable bonds is 5. The number of morpholine rings is 1. The predicted molar refractivity (Wildman–Crippen MR) is 76.0 cm³/mol. The molecular weight excluding hydrogens is 224 g/mol. The topological polar surface area (TPSA) is 24.5 Å². The van der Waals surface area contributed by atoms with Crippen LogP contribution in [0.4, 0.5) is 0 Å². The van der Waals surface area contributed by atoms with Crippen LogP contribution in [0, 0.1) is 0 Å². The van der Waals surface area contributed by atoms with E-state index in [2.05, 4.69) is 10.2 Å². The second-order valence-corrected chi connectivity index (χ2v) is 5.80.